The molecule has 3 fully saturated rings. The van der Waals surface area contributed by atoms with E-state index >= 15 is 0 Å². The summed E-state index contributed by atoms with van der Waals surface area (Å²) in [5, 5.41) is 0. The van der Waals surface area contributed by atoms with Crippen LogP contribution in [0.5, 0.6) is 0 Å². The quantitative estimate of drug-likeness (QED) is 0.359. The highest BCUT2D eigenvalue weighted by Gasteiger charge is 2.50. The van der Waals surface area contributed by atoms with Crippen molar-refractivity contribution >= 4 is 9.53 Å². The Balaban J connectivity index is 2.19. The summed E-state index contributed by atoms with van der Waals surface area (Å²) in [6, 6.07) is 0. The fraction of sp³-hybridized carbons (Fsp3) is 1.00. The summed E-state index contributed by atoms with van der Waals surface area (Å²) in [4.78, 5) is 0. The van der Waals surface area contributed by atoms with Crippen LogP contribution >= 0.6 is 0 Å². The lowest BCUT2D eigenvalue weighted by atomic mass is 11.3. The van der Waals surface area contributed by atoms with Gasteiger partial charge < -0.3 is 13.3 Å². The molecule has 0 aliphatic carbocycles. The Kier molecular flexibility index (Phi) is 0.219. The molecule has 28 valence electrons. The Morgan fingerprint density at radius 2 is 1.40 bits per heavy atom. The molecule has 0 saturated carbocycles. The zero-order valence-corrected chi connectivity index (χ0v) is 3.53. The normalized spacial score (nSPS) is 57.6. The van der Waals surface area contributed by atoms with Crippen molar-refractivity contribution in [1.82, 2.24) is 0 Å². The lowest BCUT2D eigenvalue weighted by Gasteiger charge is -2.45. The fourth-order valence-electron chi connectivity index (χ4n) is 0.303. The van der Waals surface area contributed by atoms with Gasteiger partial charge >= 0.3 is 9.53 Å². The average Bonchev–Trinajstić information content (AvgIpc) is 0.592. The van der Waals surface area contributed by atoms with Gasteiger partial charge in [0, 0.05) is 0 Å². The van der Waals surface area contributed by atoms with E-state index in [0.29, 0.717) is 0 Å². The summed E-state index contributed by atoms with van der Waals surface area (Å²) in [6.45, 7) is -0.230. The van der Waals surface area contributed by atoms with Crippen molar-refractivity contribution in [3.05, 3.63) is 0 Å². The molecule has 3 aliphatic heterocycles. The van der Waals surface area contributed by atoms with Gasteiger partial charge in [-0.05, 0) is 0 Å². The predicted molar refractivity (Wildman–Crippen MR) is 14.2 cm³/mol. The van der Waals surface area contributed by atoms with Crippen LogP contribution in [0, 0.1) is 0 Å². The first-order chi connectivity index (χ1) is 2.45. The SMILES string of the molecule is O1C2O[SiH]1O2. The number of hydrogen-bond donors (Lipinski definition) is 0. The first-order valence-electron chi connectivity index (χ1n) is 1.41. The van der Waals surface area contributed by atoms with Gasteiger partial charge in [0.25, 0.3) is 6.48 Å². The van der Waals surface area contributed by atoms with Gasteiger partial charge in [0.05, 0.1) is 0 Å². The van der Waals surface area contributed by atoms with E-state index in [0.717, 1.165) is 0 Å². The molecule has 0 amide bonds. The molecule has 3 aliphatic rings. The second kappa shape index (κ2) is 0.475. The van der Waals surface area contributed by atoms with Gasteiger partial charge in [-0.1, -0.05) is 0 Å². The molecule has 2 bridgehead atoms. The van der Waals surface area contributed by atoms with Crippen molar-refractivity contribution in [2.75, 3.05) is 0 Å². The molecule has 3 rings (SSSR count). The van der Waals surface area contributed by atoms with Gasteiger partial charge in [-0.3, -0.25) is 0 Å². The highest BCUT2D eigenvalue weighted by atomic mass is 28.3. The minimum atomic E-state index is -1.33. The molecule has 5 heavy (non-hydrogen) atoms. The smallest absolute Gasteiger partial charge is 0.327 e. The van der Waals surface area contributed by atoms with Crippen LogP contribution in [0.3, 0.4) is 0 Å². The number of hydrogen-bond acceptors (Lipinski definition) is 3. The summed E-state index contributed by atoms with van der Waals surface area (Å²) in [5.41, 5.74) is 0. The van der Waals surface area contributed by atoms with E-state index < -0.39 is 9.53 Å². The Morgan fingerprint density at radius 1 is 1.20 bits per heavy atom. The van der Waals surface area contributed by atoms with Gasteiger partial charge in [-0.25, -0.2) is 0 Å². The van der Waals surface area contributed by atoms with Crippen molar-refractivity contribution < 1.29 is 13.3 Å². The third kappa shape index (κ3) is 0.123. The molecule has 3 nitrogen and oxygen atoms in total. The van der Waals surface area contributed by atoms with Crippen LogP contribution in [0.25, 0.3) is 0 Å². The monoisotopic (exact) mass is 90.0 g/mol. The van der Waals surface area contributed by atoms with Gasteiger partial charge in [-0.2, -0.15) is 0 Å². The van der Waals surface area contributed by atoms with Crippen molar-refractivity contribution in [2.45, 2.75) is 6.48 Å². The molecule has 0 spiro atoms. The maximum absolute atomic E-state index is 4.72. The molecule has 0 aromatic heterocycles. The maximum atomic E-state index is 4.72. The fourth-order valence-corrected chi connectivity index (χ4v) is 0.908. The minimum absolute atomic E-state index is 0.230. The van der Waals surface area contributed by atoms with E-state index in [9.17, 15) is 0 Å². The molecule has 0 unspecified atom stereocenters. The summed E-state index contributed by atoms with van der Waals surface area (Å²) >= 11 is 0. The molecule has 4 heteroatoms. The van der Waals surface area contributed by atoms with Gasteiger partial charge in [-0.15, -0.1) is 0 Å². The second-order valence-electron chi connectivity index (χ2n) is 0.986. The summed E-state index contributed by atoms with van der Waals surface area (Å²) in [6.07, 6.45) is 0. The van der Waals surface area contributed by atoms with Gasteiger partial charge in [0.2, 0.25) is 0 Å². The van der Waals surface area contributed by atoms with Gasteiger partial charge in [0.15, 0.2) is 0 Å². The van der Waals surface area contributed by atoms with Crippen LogP contribution in [0.4, 0.5) is 0 Å². The Hall–Kier alpha value is 0.0969. The molecular formula is CH2O3Si. The minimum Gasteiger partial charge on any atom is -0.327 e. The van der Waals surface area contributed by atoms with Crippen molar-refractivity contribution in [3.8, 4) is 0 Å². The standard InChI is InChI=1S/CH2O3Si/c2-1-3-5(2)4-1/h1,5H. The Labute approximate surface area is 30.4 Å². The third-order valence-corrected chi connectivity index (χ3v) is 2.00. The van der Waals surface area contributed by atoms with Crippen LogP contribution < -0.4 is 0 Å². The Bertz CT molecular complexity index is 43.6. The van der Waals surface area contributed by atoms with Crippen molar-refractivity contribution in [1.29, 1.82) is 0 Å². The van der Waals surface area contributed by atoms with E-state index in [4.69, 9.17) is 13.3 Å². The van der Waals surface area contributed by atoms with Crippen LogP contribution in [0.15, 0.2) is 0 Å². The maximum Gasteiger partial charge on any atom is 0.495 e. The molecular weight excluding hydrogens is 88.1 g/mol. The zero-order valence-electron chi connectivity index (χ0n) is 2.38. The molecule has 0 atom stereocenters. The van der Waals surface area contributed by atoms with Crippen LogP contribution in [0.2, 0.25) is 0 Å². The van der Waals surface area contributed by atoms with Gasteiger partial charge in [0.1, 0.15) is 0 Å². The molecule has 0 aromatic rings. The third-order valence-electron chi connectivity index (χ3n) is 0.667. The topological polar surface area (TPSA) is 27.7 Å². The van der Waals surface area contributed by atoms with E-state index in [1.54, 1.807) is 0 Å². The molecule has 0 N–H and O–H groups in total. The van der Waals surface area contributed by atoms with Crippen molar-refractivity contribution in [2.24, 2.45) is 0 Å². The lowest BCUT2D eigenvalue weighted by Crippen LogP contribution is -2.63. The number of rotatable bonds is 0. The van der Waals surface area contributed by atoms with E-state index in [1.165, 1.54) is 0 Å². The second-order valence-corrected chi connectivity index (χ2v) is 2.38. The molecule has 0 aromatic carbocycles. The van der Waals surface area contributed by atoms with E-state index in [2.05, 4.69) is 0 Å². The molecule has 3 saturated heterocycles. The predicted octanol–water partition coefficient (Wildman–Crippen LogP) is -0.936. The first kappa shape index (κ1) is 2.30. The zero-order chi connectivity index (χ0) is 3.28. The lowest BCUT2D eigenvalue weighted by molar-refractivity contribution is -0.370. The summed E-state index contributed by atoms with van der Waals surface area (Å²) in [5.74, 6) is 0. The van der Waals surface area contributed by atoms with Crippen LogP contribution in [0.1, 0.15) is 0 Å². The summed E-state index contributed by atoms with van der Waals surface area (Å²) in [7, 11) is -1.33. The van der Waals surface area contributed by atoms with Crippen LogP contribution in [-0.2, 0) is 13.3 Å². The summed E-state index contributed by atoms with van der Waals surface area (Å²) < 4.78 is 14.2. The first-order valence-corrected chi connectivity index (χ1v) is 2.83. The van der Waals surface area contributed by atoms with Crippen molar-refractivity contribution in [3.63, 3.8) is 0 Å². The largest absolute Gasteiger partial charge is 0.495 e. The molecule has 3 heterocycles. The van der Waals surface area contributed by atoms with E-state index in [-0.39, 0.29) is 6.48 Å². The van der Waals surface area contributed by atoms with Crippen LogP contribution in [-0.4, -0.2) is 16.0 Å². The Morgan fingerprint density at radius 3 is 1.40 bits per heavy atom. The average molecular weight is 90.1 g/mol. The molecule has 0 radical (unpaired) electrons. The highest BCUT2D eigenvalue weighted by molar-refractivity contribution is 6.42. The highest BCUT2D eigenvalue weighted by Crippen LogP contribution is 2.27. The van der Waals surface area contributed by atoms with E-state index in [1.807, 2.05) is 0 Å².